The number of hydrogen-bond acceptors (Lipinski definition) is 5. The summed E-state index contributed by atoms with van der Waals surface area (Å²) in [6, 6.07) is 11.7. The Bertz CT molecular complexity index is 1220. The van der Waals surface area contributed by atoms with Crippen LogP contribution in [0.2, 0.25) is 5.02 Å². The average Bonchev–Trinajstić information content (AvgIpc) is 3.37. The van der Waals surface area contributed by atoms with Crippen molar-refractivity contribution >= 4 is 57.3 Å². The lowest BCUT2D eigenvalue weighted by atomic mass is 10.1. The highest BCUT2D eigenvalue weighted by molar-refractivity contribution is 7.99. The monoisotopic (exact) mass is 440 g/mol. The first-order valence-electron chi connectivity index (χ1n) is 9.20. The van der Waals surface area contributed by atoms with E-state index in [1.807, 2.05) is 52.2 Å². The second-order valence-electron chi connectivity index (χ2n) is 6.85. The normalized spacial score (nSPS) is 13.7. The molecule has 146 valence electrons. The molecule has 0 atom stereocenters. The van der Waals surface area contributed by atoms with Gasteiger partial charge in [0.2, 0.25) is 0 Å². The van der Waals surface area contributed by atoms with E-state index in [0.29, 0.717) is 23.7 Å². The van der Waals surface area contributed by atoms with Crippen molar-refractivity contribution in [3.8, 4) is 0 Å². The number of nitrogens with zero attached hydrogens (tertiary/aromatic N) is 4. The molecule has 4 heterocycles. The zero-order valence-corrected chi connectivity index (χ0v) is 18.0. The van der Waals surface area contributed by atoms with E-state index in [2.05, 4.69) is 16.1 Å². The Morgan fingerprint density at radius 2 is 2.17 bits per heavy atom. The Labute approximate surface area is 181 Å². The number of hydrogen-bond donors (Lipinski definition) is 0. The summed E-state index contributed by atoms with van der Waals surface area (Å²) in [6.45, 7) is 3.20. The Morgan fingerprint density at radius 1 is 1.28 bits per heavy atom. The summed E-state index contributed by atoms with van der Waals surface area (Å²) < 4.78 is 1.86. The minimum absolute atomic E-state index is 0.0417. The van der Waals surface area contributed by atoms with Gasteiger partial charge < -0.3 is 4.90 Å². The summed E-state index contributed by atoms with van der Waals surface area (Å²) in [7, 11) is 0. The fraction of sp³-hybridized carbons (Fsp3) is 0.190. The van der Waals surface area contributed by atoms with Crippen molar-refractivity contribution in [2.75, 3.05) is 17.2 Å². The summed E-state index contributed by atoms with van der Waals surface area (Å²) >= 11 is 9.64. The van der Waals surface area contributed by atoms with Gasteiger partial charge in [-0.1, -0.05) is 17.7 Å². The standard InChI is InChI=1S/C21H17ClN4OS2/c1-13-9-16(17-11-23-26(20(17)24-13)12-15-3-2-7-28-15)21(27)25-6-8-29-19-5-4-14(22)10-18(19)25/h2-5,7,9-11H,6,8,12H2,1H3. The molecular weight excluding hydrogens is 424 g/mol. The topological polar surface area (TPSA) is 51.0 Å². The van der Waals surface area contributed by atoms with Gasteiger partial charge in [0.05, 0.1) is 29.4 Å². The molecule has 3 aromatic heterocycles. The molecular formula is C21H17ClN4OS2. The lowest BCUT2D eigenvalue weighted by molar-refractivity contribution is 0.0989. The van der Waals surface area contributed by atoms with Gasteiger partial charge in [0.1, 0.15) is 0 Å². The quantitative estimate of drug-likeness (QED) is 0.436. The first-order chi connectivity index (χ1) is 14.1. The third-order valence-corrected chi connectivity index (χ3v) is 7.02. The van der Waals surface area contributed by atoms with Crippen molar-refractivity contribution in [3.05, 3.63) is 69.1 Å². The average molecular weight is 441 g/mol. The van der Waals surface area contributed by atoms with Gasteiger partial charge >= 0.3 is 0 Å². The molecule has 0 aliphatic carbocycles. The fourth-order valence-electron chi connectivity index (χ4n) is 3.56. The van der Waals surface area contributed by atoms with Gasteiger partial charge in [-0.15, -0.1) is 23.1 Å². The van der Waals surface area contributed by atoms with E-state index >= 15 is 0 Å². The number of aromatic nitrogens is 3. The molecule has 29 heavy (non-hydrogen) atoms. The minimum atomic E-state index is -0.0417. The maximum Gasteiger partial charge on any atom is 0.259 e. The van der Waals surface area contributed by atoms with E-state index < -0.39 is 0 Å². The van der Waals surface area contributed by atoms with Crippen molar-refractivity contribution in [1.29, 1.82) is 0 Å². The summed E-state index contributed by atoms with van der Waals surface area (Å²) in [5.41, 5.74) is 3.03. The summed E-state index contributed by atoms with van der Waals surface area (Å²) in [4.78, 5) is 22.3. The Morgan fingerprint density at radius 3 is 3.00 bits per heavy atom. The van der Waals surface area contributed by atoms with E-state index in [9.17, 15) is 4.79 Å². The molecule has 1 aromatic carbocycles. The van der Waals surface area contributed by atoms with Gasteiger partial charge in [0.25, 0.3) is 5.91 Å². The van der Waals surface area contributed by atoms with E-state index in [1.54, 1.807) is 29.3 Å². The lowest BCUT2D eigenvalue weighted by Gasteiger charge is -2.29. The van der Waals surface area contributed by atoms with Crippen LogP contribution in [0.3, 0.4) is 0 Å². The second kappa shape index (κ2) is 7.48. The van der Waals surface area contributed by atoms with Crippen molar-refractivity contribution in [1.82, 2.24) is 14.8 Å². The summed E-state index contributed by atoms with van der Waals surface area (Å²) in [5.74, 6) is 0.811. The van der Waals surface area contributed by atoms with Crippen LogP contribution in [0.4, 0.5) is 5.69 Å². The van der Waals surface area contributed by atoms with Gasteiger partial charge in [0.15, 0.2) is 5.65 Å². The second-order valence-corrected chi connectivity index (χ2v) is 9.45. The molecule has 1 aliphatic rings. The first-order valence-corrected chi connectivity index (χ1v) is 11.4. The van der Waals surface area contributed by atoms with Gasteiger partial charge in [0, 0.05) is 32.8 Å². The molecule has 8 heteroatoms. The zero-order chi connectivity index (χ0) is 20.0. The number of anilines is 1. The summed E-state index contributed by atoms with van der Waals surface area (Å²) in [6.07, 6.45) is 1.75. The van der Waals surface area contributed by atoms with E-state index in [-0.39, 0.29) is 5.91 Å². The molecule has 0 fully saturated rings. The lowest BCUT2D eigenvalue weighted by Crippen LogP contribution is -2.35. The number of thioether (sulfide) groups is 1. The van der Waals surface area contributed by atoms with Gasteiger partial charge in [-0.3, -0.25) is 4.79 Å². The number of fused-ring (bicyclic) bond motifs is 2. The zero-order valence-electron chi connectivity index (χ0n) is 15.6. The number of thiophene rings is 1. The highest BCUT2D eigenvalue weighted by Gasteiger charge is 2.27. The Balaban J connectivity index is 1.58. The van der Waals surface area contributed by atoms with Crippen LogP contribution in [0.25, 0.3) is 11.0 Å². The maximum atomic E-state index is 13.6. The first kappa shape index (κ1) is 18.7. The SMILES string of the molecule is Cc1cc(C(=O)N2CCSc3ccc(Cl)cc32)c2cnn(Cc3cccs3)c2n1. The van der Waals surface area contributed by atoms with Crippen LogP contribution in [-0.2, 0) is 6.54 Å². The number of pyridine rings is 1. The van der Waals surface area contributed by atoms with E-state index in [4.69, 9.17) is 11.6 Å². The molecule has 0 radical (unpaired) electrons. The molecule has 5 nitrogen and oxygen atoms in total. The third-order valence-electron chi connectivity index (χ3n) is 4.88. The number of halogens is 1. The molecule has 0 bridgehead atoms. The molecule has 1 aliphatic heterocycles. The van der Waals surface area contributed by atoms with Crippen molar-refractivity contribution in [3.63, 3.8) is 0 Å². The third kappa shape index (κ3) is 3.43. The van der Waals surface area contributed by atoms with E-state index in [0.717, 1.165) is 33.1 Å². The maximum absolute atomic E-state index is 13.6. The number of amides is 1. The molecule has 0 spiro atoms. The van der Waals surface area contributed by atoms with Crippen LogP contribution in [0, 0.1) is 6.92 Å². The van der Waals surface area contributed by atoms with Crippen LogP contribution >= 0.6 is 34.7 Å². The highest BCUT2D eigenvalue weighted by atomic mass is 35.5. The largest absolute Gasteiger partial charge is 0.306 e. The van der Waals surface area contributed by atoms with Crippen molar-refractivity contribution < 1.29 is 4.79 Å². The van der Waals surface area contributed by atoms with E-state index in [1.165, 1.54) is 4.88 Å². The number of benzene rings is 1. The van der Waals surface area contributed by atoms with Crippen molar-refractivity contribution in [2.45, 2.75) is 18.4 Å². The molecule has 0 saturated carbocycles. The smallest absolute Gasteiger partial charge is 0.259 e. The van der Waals surface area contributed by atoms with Gasteiger partial charge in [-0.25, -0.2) is 9.67 Å². The molecule has 5 rings (SSSR count). The van der Waals surface area contributed by atoms with Crippen LogP contribution in [0.1, 0.15) is 20.9 Å². The number of carbonyl (C=O) groups is 1. The molecule has 0 unspecified atom stereocenters. The van der Waals surface area contributed by atoms with Crippen LogP contribution in [-0.4, -0.2) is 33.0 Å². The van der Waals surface area contributed by atoms with Crippen molar-refractivity contribution in [2.24, 2.45) is 0 Å². The number of rotatable bonds is 3. The van der Waals surface area contributed by atoms with Crippen LogP contribution < -0.4 is 4.90 Å². The molecule has 0 saturated heterocycles. The number of carbonyl (C=O) groups excluding carboxylic acids is 1. The molecule has 4 aromatic rings. The number of aryl methyl sites for hydroxylation is 1. The van der Waals surface area contributed by atoms with Crippen LogP contribution in [0.15, 0.2) is 52.9 Å². The minimum Gasteiger partial charge on any atom is -0.306 e. The molecule has 1 amide bonds. The molecule has 0 N–H and O–H groups in total. The highest BCUT2D eigenvalue weighted by Crippen LogP contribution is 2.37. The predicted octanol–water partition coefficient (Wildman–Crippen LogP) is 5.26. The van der Waals surface area contributed by atoms with Gasteiger partial charge in [-0.05, 0) is 42.6 Å². The van der Waals surface area contributed by atoms with Gasteiger partial charge in [-0.2, -0.15) is 5.10 Å². The Kier molecular flexibility index (Phi) is 4.81. The van der Waals surface area contributed by atoms with Crippen LogP contribution in [0.5, 0.6) is 0 Å². The fourth-order valence-corrected chi connectivity index (χ4v) is 5.39. The Hall–Kier alpha value is -2.35. The predicted molar refractivity (Wildman–Crippen MR) is 120 cm³/mol. The summed E-state index contributed by atoms with van der Waals surface area (Å²) in [5, 5.41) is 7.98.